The van der Waals surface area contributed by atoms with Gasteiger partial charge in [-0.25, -0.2) is 4.39 Å². The second-order valence-corrected chi connectivity index (χ2v) is 8.13. The average Bonchev–Trinajstić information content (AvgIpc) is 2.46. The number of amides is 1. The van der Waals surface area contributed by atoms with Gasteiger partial charge < -0.3 is 5.32 Å². The van der Waals surface area contributed by atoms with E-state index < -0.39 is 5.82 Å². The largest absolute Gasteiger partial charge is 0.351 e. The molecule has 0 atom stereocenters. The minimum Gasteiger partial charge on any atom is -0.351 e. The lowest BCUT2D eigenvalue weighted by atomic mass is 9.49. The lowest BCUT2D eigenvalue weighted by Gasteiger charge is -2.56. The number of rotatable bonds is 3. The van der Waals surface area contributed by atoms with Gasteiger partial charge in [-0.3, -0.25) is 4.79 Å². The number of carbonyl (C=O) groups excluding carboxylic acids is 1. The van der Waals surface area contributed by atoms with Crippen molar-refractivity contribution in [2.45, 2.75) is 38.5 Å². The molecule has 1 amide bonds. The summed E-state index contributed by atoms with van der Waals surface area (Å²) in [5.41, 5.74) is 0.524. The highest BCUT2D eigenvalue weighted by atomic mass is 35.5. The molecular formula is C18H21ClFNO. The molecule has 0 aliphatic heterocycles. The summed E-state index contributed by atoms with van der Waals surface area (Å²) in [4.78, 5) is 12.3. The molecule has 0 radical (unpaired) electrons. The van der Waals surface area contributed by atoms with Crippen LogP contribution in [0.25, 0.3) is 0 Å². The van der Waals surface area contributed by atoms with Gasteiger partial charge in [-0.05, 0) is 79.9 Å². The Morgan fingerprint density at radius 2 is 1.77 bits per heavy atom. The van der Waals surface area contributed by atoms with Gasteiger partial charge in [-0.15, -0.1) is 0 Å². The third-order valence-corrected chi connectivity index (χ3v) is 6.29. The highest BCUT2D eigenvalue weighted by Crippen LogP contribution is 2.59. The molecule has 5 rings (SSSR count). The van der Waals surface area contributed by atoms with Crippen LogP contribution in [0.3, 0.4) is 0 Å². The summed E-state index contributed by atoms with van der Waals surface area (Å²) in [6.45, 7) is 0.710. The minimum atomic E-state index is -0.427. The molecule has 2 nitrogen and oxygen atoms in total. The van der Waals surface area contributed by atoms with Gasteiger partial charge in [0.25, 0.3) is 5.91 Å². The number of hydrogen-bond acceptors (Lipinski definition) is 1. The molecule has 4 heteroatoms. The first kappa shape index (κ1) is 14.5. The van der Waals surface area contributed by atoms with Gasteiger partial charge in [0.2, 0.25) is 0 Å². The fourth-order valence-electron chi connectivity index (χ4n) is 5.54. The van der Waals surface area contributed by atoms with Crippen LogP contribution in [0.5, 0.6) is 0 Å². The van der Waals surface area contributed by atoms with Crippen molar-refractivity contribution >= 4 is 17.5 Å². The Kier molecular flexibility index (Phi) is 3.44. The Bertz CT molecular complexity index is 580. The van der Waals surface area contributed by atoms with E-state index in [2.05, 4.69) is 5.32 Å². The SMILES string of the molecule is O=C(NCC12CC3CC(CC(C3)C1)C2)c1cc(F)ccc1Cl. The van der Waals surface area contributed by atoms with Crippen molar-refractivity contribution in [2.75, 3.05) is 6.54 Å². The molecule has 4 saturated carbocycles. The Labute approximate surface area is 135 Å². The number of hydrogen-bond donors (Lipinski definition) is 1. The van der Waals surface area contributed by atoms with Gasteiger partial charge >= 0.3 is 0 Å². The van der Waals surface area contributed by atoms with E-state index in [1.165, 1.54) is 56.7 Å². The predicted molar refractivity (Wildman–Crippen MR) is 84.3 cm³/mol. The molecule has 4 aliphatic rings. The van der Waals surface area contributed by atoms with Crippen molar-refractivity contribution < 1.29 is 9.18 Å². The molecule has 0 unspecified atom stereocenters. The molecule has 1 aromatic carbocycles. The van der Waals surface area contributed by atoms with E-state index in [4.69, 9.17) is 11.6 Å². The molecule has 22 heavy (non-hydrogen) atoms. The van der Waals surface area contributed by atoms with E-state index in [9.17, 15) is 9.18 Å². The molecule has 0 heterocycles. The third-order valence-electron chi connectivity index (χ3n) is 5.96. The fraction of sp³-hybridized carbons (Fsp3) is 0.611. The van der Waals surface area contributed by atoms with Crippen LogP contribution in [0.15, 0.2) is 18.2 Å². The zero-order valence-corrected chi connectivity index (χ0v) is 13.3. The highest BCUT2D eigenvalue weighted by Gasteiger charge is 2.50. The summed E-state index contributed by atoms with van der Waals surface area (Å²) in [6, 6.07) is 3.94. The van der Waals surface area contributed by atoms with E-state index in [0.29, 0.717) is 11.6 Å². The van der Waals surface area contributed by atoms with E-state index >= 15 is 0 Å². The molecular weight excluding hydrogens is 301 g/mol. The summed E-state index contributed by atoms with van der Waals surface area (Å²) in [5, 5.41) is 3.34. The van der Waals surface area contributed by atoms with Crippen molar-refractivity contribution in [3.63, 3.8) is 0 Å². The zero-order chi connectivity index (χ0) is 15.3. The molecule has 4 aliphatic carbocycles. The van der Waals surface area contributed by atoms with Gasteiger partial charge in [0.1, 0.15) is 5.82 Å². The smallest absolute Gasteiger partial charge is 0.252 e. The lowest BCUT2D eigenvalue weighted by molar-refractivity contribution is -0.0503. The monoisotopic (exact) mass is 321 g/mol. The molecule has 4 fully saturated rings. The van der Waals surface area contributed by atoms with Gasteiger partial charge in [0, 0.05) is 6.54 Å². The van der Waals surface area contributed by atoms with Crippen LogP contribution in [0.4, 0.5) is 4.39 Å². The maximum absolute atomic E-state index is 13.3. The molecule has 0 aromatic heterocycles. The molecule has 1 aromatic rings. The van der Waals surface area contributed by atoms with Crippen LogP contribution in [-0.4, -0.2) is 12.5 Å². The maximum atomic E-state index is 13.3. The maximum Gasteiger partial charge on any atom is 0.252 e. The fourth-order valence-corrected chi connectivity index (χ4v) is 5.74. The second-order valence-electron chi connectivity index (χ2n) is 7.72. The van der Waals surface area contributed by atoms with Crippen LogP contribution >= 0.6 is 11.6 Å². The van der Waals surface area contributed by atoms with E-state index in [1.54, 1.807) is 0 Å². The summed E-state index contributed by atoms with van der Waals surface area (Å²) in [5.74, 6) is 1.91. The Hall–Kier alpha value is -1.09. The van der Waals surface area contributed by atoms with Crippen LogP contribution in [-0.2, 0) is 0 Å². The first-order valence-corrected chi connectivity index (χ1v) is 8.64. The number of nitrogens with one attached hydrogen (secondary N) is 1. The van der Waals surface area contributed by atoms with E-state index in [1.807, 2.05) is 0 Å². The normalized spacial score (nSPS) is 35.6. The van der Waals surface area contributed by atoms with Crippen molar-refractivity contribution in [3.8, 4) is 0 Å². The second kappa shape index (κ2) is 5.23. The molecule has 0 saturated heterocycles. The standard InChI is InChI=1S/C18H21ClFNO/c19-16-2-1-14(20)6-15(16)17(22)21-10-18-7-11-3-12(8-18)5-13(4-11)9-18/h1-2,6,11-13H,3-5,7-10H2,(H,21,22). The van der Waals surface area contributed by atoms with Gasteiger partial charge in [-0.1, -0.05) is 11.6 Å². The molecule has 0 spiro atoms. The van der Waals surface area contributed by atoms with Crippen LogP contribution in [0, 0.1) is 29.0 Å². The topological polar surface area (TPSA) is 29.1 Å². The number of carbonyl (C=O) groups is 1. The van der Waals surface area contributed by atoms with E-state index in [-0.39, 0.29) is 16.9 Å². The van der Waals surface area contributed by atoms with Crippen molar-refractivity contribution in [1.82, 2.24) is 5.32 Å². The van der Waals surface area contributed by atoms with Crippen molar-refractivity contribution in [3.05, 3.63) is 34.6 Å². The number of benzene rings is 1. The molecule has 4 bridgehead atoms. The Morgan fingerprint density at radius 1 is 1.18 bits per heavy atom. The van der Waals surface area contributed by atoms with Crippen LogP contribution < -0.4 is 5.32 Å². The van der Waals surface area contributed by atoms with E-state index in [0.717, 1.165) is 17.8 Å². The van der Waals surface area contributed by atoms with Gasteiger partial charge in [0.05, 0.1) is 10.6 Å². The third kappa shape index (κ3) is 2.54. The minimum absolute atomic E-state index is 0.242. The highest BCUT2D eigenvalue weighted by molar-refractivity contribution is 6.33. The van der Waals surface area contributed by atoms with Gasteiger partial charge in [-0.2, -0.15) is 0 Å². The molecule has 118 valence electrons. The summed E-state index contributed by atoms with van der Waals surface area (Å²) >= 11 is 6.02. The van der Waals surface area contributed by atoms with Gasteiger partial charge in [0.15, 0.2) is 0 Å². The summed E-state index contributed by atoms with van der Waals surface area (Å²) in [7, 11) is 0. The zero-order valence-electron chi connectivity index (χ0n) is 12.6. The Morgan fingerprint density at radius 3 is 2.36 bits per heavy atom. The quantitative estimate of drug-likeness (QED) is 0.877. The summed E-state index contributed by atoms with van der Waals surface area (Å²) in [6.07, 6.45) is 7.91. The summed E-state index contributed by atoms with van der Waals surface area (Å²) < 4.78 is 13.3. The average molecular weight is 322 g/mol. The Balaban J connectivity index is 1.46. The van der Waals surface area contributed by atoms with Crippen molar-refractivity contribution in [2.24, 2.45) is 23.2 Å². The van der Waals surface area contributed by atoms with Crippen LogP contribution in [0.1, 0.15) is 48.9 Å². The molecule has 1 N–H and O–H groups in total. The predicted octanol–water partition coefficient (Wildman–Crippen LogP) is 4.43. The first-order chi connectivity index (χ1) is 10.5. The lowest BCUT2D eigenvalue weighted by Crippen LogP contribution is -2.51. The van der Waals surface area contributed by atoms with Crippen LogP contribution in [0.2, 0.25) is 5.02 Å². The number of halogens is 2. The van der Waals surface area contributed by atoms with Crippen molar-refractivity contribution in [1.29, 1.82) is 0 Å². The first-order valence-electron chi connectivity index (χ1n) is 8.26.